The molecule has 0 aromatic heterocycles. The molecule has 0 radical (unpaired) electrons. The minimum atomic E-state index is 0.454. The lowest BCUT2D eigenvalue weighted by Gasteiger charge is -2.42. The molecule has 118 valence electrons. The lowest BCUT2D eigenvalue weighted by atomic mass is 9.76. The third kappa shape index (κ3) is 2.05. The molecular weight excluding hydrogens is 282 g/mol. The van der Waals surface area contributed by atoms with Gasteiger partial charge >= 0.3 is 0 Å². The van der Waals surface area contributed by atoms with Crippen LogP contribution in [-0.2, 0) is 12.8 Å². The highest BCUT2D eigenvalue weighted by Gasteiger charge is 2.38. The van der Waals surface area contributed by atoms with Gasteiger partial charge in [0.1, 0.15) is 5.75 Å². The van der Waals surface area contributed by atoms with Crippen molar-refractivity contribution < 1.29 is 5.11 Å². The van der Waals surface area contributed by atoms with Gasteiger partial charge in [-0.3, -0.25) is 4.90 Å². The first-order valence-corrected chi connectivity index (χ1v) is 8.90. The Morgan fingerprint density at radius 2 is 2.00 bits per heavy atom. The minimum absolute atomic E-state index is 0.454. The van der Waals surface area contributed by atoms with Gasteiger partial charge in [0.05, 0.1) is 0 Å². The predicted octanol–water partition coefficient (Wildman–Crippen LogP) is 4.23. The molecule has 2 aromatic rings. The Morgan fingerprint density at radius 3 is 2.83 bits per heavy atom. The van der Waals surface area contributed by atoms with E-state index in [1.807, 2.05) is 6.92 Å². The molecule has 3 aliphatic rings. The van der Waals surface area contributed by atoms with Crippen molar-refractivity contribution in [1.82, 2.24) is 4.90 Å². The topological polar surface area (TPSA) is 23.5 Å². The zero-order valence-corrected chi connectivity index (χ0v) is 13.7. The molecule has 0 bridgehead atoms. The summed E-state index contributed by atoms with van der Waals surface area (Å²) >= 11 is 0. The van der Waals surface area contributed by atoms with Crippen molar-refractivity contribution in [3.05, 3.63) is 52.6 Å². The molecule has 2 aromatic carbocycles. The van der Waals surface area contributed by atoms with E-state index in [-0.39, 0.29) is 0 Å². The Bertz CT molecular complexity index is 791. The highest BCUT2D eigenvalue weighted by molar-refractivity contribution is 5.81. The second kappa shape index (κ2) is 4.85. The van der Waals surface area contributed by atoms with Crippen LogP contribution in [0.1, 0.15) is 41.1 Å². The molecule has 0 unspecified atom stereocenters. The summed E-state index contributed by atoms with van der Waals surface area (Å²) in [6.07, 6.45) is 5.01. The second-order valence-corrected chi connectivity index (χ2v) is 7.56. The van der Waals surface area contributed by atoms with Gasteiger partial charge in [-0.05, 0) is 66.3 Å². The number of aromatic hydroxyl groups is 1. The fourth-order valence-corrected chi connectivity index (χ4v) is 4.59. The molecule has 1 aliphatic heterocycles. The van der Waals surface area contributed by atoms with Crippen LogP contribution in [0.25, 0.3) is 11.1 Å². The lowest BCUT2D eigenvalue weighted by Crippen LogP contribution is -2.39. The number of nitrogens with zero attached hydrogens (tertiary/aromatic N) is 1. The largest absolute Gasteiger partial charge is 0.507 e. The predicted molar refractivity (Wildman–Crippen MR) is 92.7 cm³/mol. The number of hydrogen-bond donors (Lipinski definition) is 1. The van der Waals surface area contributed by atoms with Crippen molar-refractivity contribution in [3.63, 3.8) is 0 Å². The standard InChI is InChI=1S/C21H23NO/c1-13-10-16-8-9-22(12-14-6-7-14)18-11-15-4-2-3-5-17(15)20(19(16)18)21(13)23/h2-5,10,14,18,23H,6-9,11-12H2,1H3/t18-/m1/s1. The van der Waals surface area contributed by atoms with Gasteiger partial charge in [0.2, 0.25) is 0 Å². The van der Waals surface area contributed by atoms with E-state index < -0.39 is 0 Å². The molecule has 0 saturated heterocycles. The van der Waals surface area contributed by atoms with Gasteiger partial charge < -0.3 is 5.11 Å². The van der Waals surface area contributed by atoms with E-state index in [1.165, 1.54) is 48.2 Å². The highest BCUT2D eigenvalue weighted by Crippen LogP contribution is 2.50. The van der Waals surface area contributed by atoms with Crippen LogP contribution < -0.4 is 0 Å². The van der Waals surface area contributed by atoms with E-state index in [9.17, 15) is 5.11 Å². The fourth-order valence-electron chi connectivity index (χ4n) is 4.59. The summed E-state index contributed by atoms with van der Waals surface area (Å²) in [6.45, 7) is 4.44. The van der Waals surface area contributed by atoms with Gasteiger partial charge in [-0.25, -0.2) is 0 Å². The molecule has 1 atom stereocenters. The fraction of sp³-hybridized carbons (Fsp3) is 0.429. The molecule has 1 N–H and O–H groups in total. The molecule has 23 heavy (non-hydrogen) atoms. The summed E-state index contributed by atoms with van der Waals surface area (Å²) < 4.78 is 0. The smallest absolute Gasteiger partial charge is 0.126 e. The van der Waals surface area contributed by atoms with Crippen LogP contribution in [-0.4, -0.2) is 23.1 Å². The van der Waals surface area contributed by atoms with Gasteiger partial charge in [-0.1, -0.05) is 30.3 Å². The Kier molecular flexibility index (Phi) is 2.87. The Balaban J connectivity index is 1.72. The molecular formula is C21H23NO. The summed E-state index contributed by atoms with van der Waals surface area (Å²) in [5.41, 5.74) is 7.65. The molecule has 5 rings (SSSR count). The first-order chi connectivity index (χ1) is 11.2. The van der Waals surface area contributed by atoms with Crippen LogP contribution in [0, 0.1) is 12.8 Å². The number of hydrogen-bond acceptors (Lipinski definition) is 2. The maximum absolute atomic E-state index is 10.8. The van der Waals surface area contributed by atoms with Crippen LogP contribution in [0.2, 0.25) is 0 Å². The van der Waals surface area contributed by atoms with E-state index in [4.69, 9.17) is 0 Å². The summed E-state index contributed by atoms with van der Waals surface area (Å²) in [6, 6.07) is 11.3. The zero-order valence-electron chi connectivity index (χ0n) is 13.7. The summed E-state index contributed by atoms with van der Waals surface area (Å²) in [4.78, 5) is 2.69. The number of benzene rings is 2. The first-order valence-electron chi connectivity index (χ1n) is 8.90. The van der Waals surface area contributed by atoms with Crippen LogP contribution in [0.15, 0.2) is 30.3 Å². The van der Waals surface area contributed by atoms with E-state index >= 15 is 0 Å². The van der Waals surface area contributed by atoms with Crippen LogP contribution in [0.5, 0.6) is 5.75 Å². The molecule has 1 heterocycles. The third-order valence-corrected chi connectivity index (χ3v) is 5.95. The van der Waals surface area contributed by atoms with Gasteiger partial charge in [0.25, 0.3) is 0 Å². The molecule has 2 nitrogen and oxygen atoms in total. The van der Waals surface area contributed by atoms with E-state index in [2.05, 4.69) is 35.2 Å². The average molecular weight is 305 g/mol. The van der Waals surface area contributed by atoms with Gasteiger partial charge in [0, 0.05) is 24.7 Å². The van der Waals surface area contributed by atoms with Gasteiger partial charge in [-0.15, -0.1) is 0 Å². The molecule has 1 fully saturated rings. The molecule has 2 aliphatic carbocycles. The van der Waals surface area contributed by atoms with Gasteiger partial charge in [0.15, 0.2) is 0 Å². The molecule has 0 spiro atoms. The van der Waals surface area contributed by atoms with E-state index in [1.54, 1.807) is 0 Å². The number of rotatable bonds is 2. The maximum atomic E-state index is 10.8. The molecule has 0 amide bonds. The van der Waals surface area contributed by atoms with Crippen molar-refractivity contribution in [3.8, 4) is 16.9 Å². The van der Waals surface area contributed by atoms with Crippen LogP contribution in [0.3, 0.4) is 0 Å². The lowest BCUT2D eigenvalue weighted by molar-refractivity contribution is 0.174. The number of aryl methyl sites for hydroxylation is 1. The minimum Gasteiger partial charge on any atom is -0.507 e. The monoisotopic (exact) mass is 305 g/mol. The zero-order chi connectivity index (χ0) is 15.6. The Morgan fingerprint density at radius 1 is 1.17 bits per heavy atom. The van der Waals surface area contributed by atoms with Crippen molar-refractivity contribution >= 4 is 0 Å². The Hall–Kier alpha value is -1.80. The quantitative estimate of drug-likeness (QED) is 0.897. The van der Waals surface area contributed by atoms with Crippen molar-refractivity contribution in [2.24, 2.45) is 5.92 Å². The molecule has 2 heteroatoms. The van der Waals surface area contributed by atoms with Gasteiger partial charge in [-0.2, -0.15) is 0 Å². The maximum Gasteiger partial charge on any atom is 0.126 e. The average Bonchev–Trinajstić information content (AvgIpc) is 3.37. The van der Waals surface area contributed by atoms with Crippen molar-refractivity contribution in [2.75, 3.05) is 13.1 Å². The summed E-state index contributed by atoms with van der Waals surface area (Å²) in [5.74, 6) is 1.41. The molecule has 1 saturated carbocycles. The van der Waals surface area contributed by atoms with Crippen LogP contribution >= 0.6 is 0 Å². The normalized spacial score (nSPS) is 22.6. The first kappa shape index (κ1) is 13.6. The summed E-state index contributed by atoms with van der Waals surface area (Å²) in [7, 11) is 0. The number of phenolic OH excluding ortho intramolecular Hbond substituents is 1. The Labute approximate surface area is 137 Å². The highest BCUT2D eigenvalue weighted by atomic mass is 16.3. The van der Waals surface area contributed by atoms with E-state index in [0.29, 0.717) is 11.8 Å². The summed E-state index contributed by atoms with van der Waals surface area (Å²) in [5, 5.41) is 10.8. The number of fused-ring (bicyclic) bond motifs is 2. The van der Waals surface area contributed by atoms with Crippen LogP contribution in [0.4, 0.5) is 0 Å². The third-order valence-electron chi connectivity index (χ3n) is 5.95. The number of phenols is 1. The van der Waals surface area contributed by atoms with Crippen molar-refractivity contribution in [2.45, 2.75) is 38.6 Å². The van der Waals surface area contributed by atoms with E-state index in [0.717, 1.165) is 29.9 Å². The van der Waals surface area contributed by atoms with Crippen molar-refractivity contribution in [1.29, 1.82) is 0 Å². The second-order valence-electron chi connectivity index (χ2n) is 7.56. The SMILES string of the molecule is Cc1cc2c3c(c1O)-c1ccccc1C[C@H]3N(CC1CC1)CC2.